The van der Waals surface area contributed by atoms with Gasteiger partial charge in [-0.05, 0) is 44.4 Å². The Hall–Kier alpha value is -2.70. The van der Waals surface area contributed by atoms with Crippen molar-refractivity contribution in [3.05, 3.63) is 0 Å². The molecule has 3 atom stereocenters. The van der Waals surface area contributed by atoms with Crippen LogP contribution in [-0.4, -0.2) is 78.0 Å². The number of nitrogens with zero attached hydrogens (tertiary/aromatic N) is 1. The van der Waals surface area contributed by atoms with E-state index in [1.54, 1.807) is 6.92 Å². The number of amides is 4. The summed E-state index contributed by atoms with van der Waals surface area (Å²) in [6.45, 7) is 4.54. The molecule has 2 aliphatic heterocycles. The molecule has 2 saturated heterocycles. The van der Waals surface area contributed by atoms with Crippen molar-refractivity contribution < 1.29 is 41.9 Å². The lowest BCUT2D eigenvalue weighted by Gasteiger charge is -2.27. The Bertz CT molecular complexity index is 902. The van der Waals surface area contributed by atoms with E-state index in [0.717, 1.165) is 17.7 Å². The Morgan fingerprint density at radius 1 is 1.20 bits per heavy atom. The van der Waals surface area contributed by atoms with E-state index in [2.05, 4.69) is 20.7 Å². The van der Waals surface area contributed by atoms with Crippen molar-refractivity contribution in [3.63, 3.8) is 0 Å². The Kier molecular flexibility index (Phi) is 7.49. The van der Waals surface area contributed by atoms with E-state index in [-0.39, 0.29) is 25.3 Å². The van der Waals surface area contributed by atoms with Gasteiger partial charge in [-0.2, -0.15) is 0 Å². The summed E-state index contributed by atoms with van der Waals surface area (Å²) >= 11 is 0. The van der Waals surface area contributed by atoms with Gasteiger partial charge in [-0.3, -0.25) is 28.7 Å². The normalized spacial score (nSPS) is 25.5. The molecule has 1 aliphatic carbocycles. The summed E-state index contributed by atoms with van der Waals surface area (Å²) in [4.78, 5) is 64.2. The average molecular weight is 505 g/mol. The first kappa shape index (κ1) is 26.9. The zero-order valence-corrected chi connectivity index (χ0v) is 19.9. The molecule has 0 radical (unpaired) electrons. The number of hydrogen-bond donors (Lipinski definition) is 3. The highest BCUT2D eigenvalue weighted by Gasteiger charge is 2.48. The molecule has 3 rings (SSSR count). The molecule has 3 fully saturated rings. The second-order valence-electron chi connectivity index (χ2n) is 10.6. The SMILES string of the molecule is CC1(C)C[C@@H](C(=O)NC(C[C@@H]2CCNC2=O)C(=O)COC(F)(F)F)N(C(=O)C(=O)NC2(C)CC2)C1. The summed E-state index contributed by atoms with van der Waals surface area (Å²) in [7, 11) is 0. The maximum Gasteiger partial charge on any atom is 0.522 e. The molecule has 0 spiro atoms. The molecule has 3 N–H and O–H groups in total. The summed E-state index contributed by atoms with van der Waals surface area (Å²) in [6.07, 6.45) is -3.24. The van der Waals surface area contributed by atoms with Gasteiger partial charge in [0.25, 0.3) is 0 Å². The highest BCUT2D eigenvalue weighted by molar-refractivity contribution is 6.35. The minimum atomic E-state index is -5.04. The van der Waals surface area contributed by atoms with Gasteiger partial charge >= 0.3 is 18.2 Å². The lowest BCUT2D eigenvalue weighted by molar-refractivity contribution is -0.321. The van der Waals surface area contributed by atoms with Gasteiger partial charge in [0.05, 0.1) is 6.04 Å². The molecule has 2 heterocycles. The topological polar surface area (TPSA) is 134 Å². The van der Waals surface area contributed by atoms with Crippen LogP contribution in [-0.2, 0) is 28.7 Å². The molecular formula is C22H31F3N4O6. The molecule has 0 bridgehead atoms. The van der Waals surface area contributed by atoms with Gasteiger partial charge < -0.3 is 20.9 Å². The standard InChI is InChI=1S/C22H31F3N4O6/c1-20(2)9-14(29(11-20)19(34)18(33)28-21(3)5-6-21)17(32)27-13(8-12-4-7-26-16(12)31)15(30)10-35-22(23,24)25/h12-14H,4-11H2,1-3H3,(H,26,31)(H,27,32)(H,28,33)/t12-,13?,14-/m0/s1. The molecule has 0 aromatic rings. The number of ketones is 1. The molecule has 13 heteroatoms. The van der Waals surface area contributed by atoms with Crippen LogP contribution in [0.25, 0.3) is 0 Å². The molecule has 3 aliphatic rings. The number of rotatable bonds is 8. The van der Waals surface area contributed by atoms with E-state index < -0.39 is 65.4 Å². The minimum Gasteiger partial charge on any atom is -0.356 e. The zero-order chi connectivity index (χ0) is 26.2. The third-order valence-corrected chi connectivity index (χ3v) is 6.66. The van der Waals surface area contributed by atoms with E-state index in [1.165, 1.54) is 0 Å². The van der Waals surface area contributed by atoms with Gasteiger partial charge in [0.1, 0.15) is 12.6 Å². The van der Waals surface area contributed by atoms with Crippen molar-refractivity contribution >= 4 is 29.4 Å². The number of alkyl halides is 3. The number of carbonyl (C=O) groups excluding carboxylic acids is 5. The van der Waals surface area contributed by atoms with Crippen molar-refractivity contribution in [2.45, 2.75) is 76.9 Å². The second kappa shape index (κ2) is 9.75. The van der Waals surface area contributed by atoms with Crippen LogP contribution in [0.5, 0.6) is 0 Å². The van der Waals surface area contributed by atoms with Crippen LogP contribution in [0.15, 0.2) is 0 Å². The monoisotopic (exact) mass is 504 g/mol. The third-order valence-electron chi connectivity index (χ3n) is 6.66. The summed E-state index contributed by atoms with van der Waals surface area (Å²) in [5.41, 5.74) is -0.969. The Morgan fingerprint density at radius 3 is 2.40 bits per heavy atom. The lowest BCUT2D eigenvalue weighted by atomic mass is 9.90. The summed E-state index contributed by atoms with van der Waals surface area (Å²) < 4.78 is 41.0. The Morgan fingerprint density at radius 2 is 1.86 bits per heavy atom. The molecule has 0 aromatic carbocycles. The summed E-state index contributed by atoms with van der Waals surface area (Å²) in [6, 6.07) is -2.54. The average Bonchev–Trinajstić information content (AvgIpc) is 3.17. The smallest absolute Gasteiger partial charge is 0.356 e. The van der Waals surface area contributed by atoms with E-state index in [0.29, 0.717) is 13.0 Å². The number of Topliss-reactive ketones (excluding diaryl/α,β-unsaturated/α-hetero) is 1. The van der Waals surface area contributed by atoms with Gasteiger partial charge in [0.2, 0.25) is 11.8 Å². The van der Waals surface area contributed by atoms with Crippen LogP contribution in [0.2, 0.25) is 0 Å². The van der Waals surface area contributed by atoms with E-state index in [4.69, 9.17) is 0 Å². The van der Waals surface area contributed by atoms with Crippen molar-refractivity contribution in [1.82, 2.24) is 20.9 Å². The van der Waals surface area contributed by atoms with Gasteiger partial charge in [-0.25, -0.2) is 0 Å². The minimum absolute atomic E-state index is 0.106. The fourth-order valence-corrected chi connectivity index (χ4v) is 4.43. The van der Waals surface area contributed by atoms with Crippen LogP contribution >= 0.6 is 0 Å². The lowest BCUT2D eigenvalue weighted by Crippen LogP contribution is -2.55. The van der Waals surface area contributed by atoms with Crippen molar-refractivity contribution in [2.24, 2.45) is 11.3 Å². The van der Waals surface area contributed by atoms with E-state index in [1.807, 2.05) is 13.8 Å². The second-order valence-corrected chi connectivity index (χ2v) is 10.6. The first-order chi connectivity index (χ1) is 16.1. The van der Waals surface area contributed by atoms with Crippen molar-refractivity contribution in [3.8, 4) is 0 Å². The summed E-state index contributed by atoms with van der Waals surface area (Å²) in [5.74, 6) is -4.59. The Labute approximate surface area is 200 Å². The fraction of sp³-hybridized carbons (Fsp3) is 0.773. The van der Waals surface area contributed by atoms with Crippen LogP contribution < -0.4 is 16.0 Å². The number of carbonyl (C=O) groups is 5. The Balaban J connectivity index is 1.73. The van der Waals surface area contributed by atoms with Gasteiger partial charge in [0.15, 0.2) is 5.78 Å². The quantitative estimate of drug-likeness (QED) is 0.410. The fourth-order valence-electron chi connectivity index (χ4n) is 4.43. The van der Waals surface area contributed by atoms with Crippen LogP contribution in [0, 0.1) is 11.3 Å². The molecule has 1 unspecified atom stereocenters. The molecular weight excluding hydrogens is 473 g/mol. The highest BCUT2D eigenvalue weighted by atomic mass is 19.4. The molecule has 35 heavy (non-hydrogen) atoms. The maximum atomic E-state index is 13.2. The highest BCUT2D eigenvalue weighted by Crippen LogP contribution is 2.36. The zero-order valence-electron chi connectivity index (χ0n) is 19.9. The molecule has 4 amide bonds. The predicted octanol–water partition coefficient (Wildman–Crippen LogP) is 0.399. The molecule has 10 nitrogen and oxygen atoms in total. The third kappa shape index (κ3) is 7.15. The molecule has 1 saturated carbocycles. The first-order valence-corrected chi connectivity index (χ1v) is 11.5. The maximum absolute atomic E-state index is 13.2. The summed E-state index contributed by atoms with van der Waals surface area (Å²) in [5, 5.41) is 7.65. The van der Waals surface area contributed by atoms with E-state index >= 15 is 0 Å². The largest absolute Gasteiger partial charge is 0.522 e. The first-order valence-electron chi connectivity index (χ1n) is 11.5. The van der Waals surface area contributed by atoms with Gasteiger partial charge in [0, 0.05) is 24.5 Å². The van der Waals surface area contributed by atoms with Crippen molar-refractivity contribution in [1.29, 1.82) is 0 Å². The van der Waals surface area contributed by atoms with Crippen molar-refractivity contribution in [2.75, 3.05) is 19.7 Å². The molecule has 0 aromatic heterocycles. The van der Waals surface area contributed by atoms with Gasteiger partial charge in [-0.1, -0.05) is 13.8 Å². The number of hydrogen-bond acceptors (Lipinski definition) is 6. The molecule has 196 valence electrons. The number of likely N-dealkylation sites (tertiary alicyclic amines) is 1. The van der Waals surface area contributed by atoms with Crippen LogP contribution in [0.4, 0.5) is 13.2 Å². The van der Waals surface area contributed by atoms with Gasteiger partial charge in [-0.15, -0.1) is 13.2 Å². The van der Waals surface area contributed by atoms with Crippen LogP contribution in [0.1, 0.15) is 52.9 Å². The number of ether oxygens (including phenoxy) is 1. The number of halogens is 3. The number of nitrogens with one attached hydrogen (secondary N) is 3. The van der Waals surface area contributed by atoms with Crippen LogP contribution in [0.3, 0.4) is 0 Å². The predicted molar refractivity (Wildman–Crippen MR) is 114 cm³/mol. The van der Waals surface area contributed by atoms with E-state index in [9.17, 15) is 37.1 Å².